The Labute approximate surface area is 136 Å². The van der Waals surface area contributed by atoms with Gasteiger partial charge in [-0.15, -0.1) is 0 Å². The van der Waals surface area contributed by atoms with Crippen molar-refractivity contribution in [3.05, 3.63) is 28.2 Å². The van der Waals surface area contributed by atoms with Gasteiger partial charge >= 0.3 is 0 Å². The monoisotopic (exact) mass is 355 g/mol. The fraction of sp³-hybridized carbons (Fsp3) is 0.647. The average Bonchev–Trinajstić information content (AvgIpc) is 2.43. The molecule has 0 amide bonds. The predicted octanol–water partition coefficient (Wildman–Crippen LogP) is 3.88. The molecule has 1 saturated carbocycles. The molecular weight excluding hydrogens is 330 g/mol. The second kappa shape index (κ2) is 8.16. The van der Waals surface area contributed by atoms with E-state index in [9.17, 15) is 5.11 Å². The minimum absolute atomic E-state index is 0.0659. The van der Waals surface area contributed by atoms with Crippen molar-refractivity contribution in [1.29, 1.82) is 0 Å². The van der Waals surface area contributed by atoms with E-state index >= 15 is 0 Å². The lowest BCUT2D eigenvalue weighted by molar-refractivity contribution is 0.00635. The summed E-state index contributed by atoms with van der Waals surface area (Å²) in [5.41, 5.74) is 1.14. The van der Waals surface area contributed by atoms with E-state index < -0.39 is 0 Å². The Balaban J connectivity index is 2.03. The molecule has 21 heavy (non-hydrogen) atoms. The quantitative estimate of drug-likeness (QED) is 0.813. The Bertz CT molecular complexity index is 450. The number of aliphatic hydroxyl groups excluding tert-OH is 1. The molecular formula is C17H26BrNO2. The highest BCUT2D eigenvalue weighted by Crippen LogP contribution is 2.28. The van der Waals surface area contributed by atoms with Crippen molar-refractivity contribution in [2.24, 2.45) is 5.92 Å². The summed E-state index contributed by atoms with van der Waals surface area (Å²) in [6.07, 6.45) is 3.63. The van der Waals surface area contributed by atoms with Gasteiger partial charge in [0.15, 0.2) is 0 Å². The van der Waals surface area contributed by atoms with E-state index in [1.165, 1.54) is 0 Å². The lowest BCUT2D eigenvalue weighted by atomic mass is 9.95. The Kier molecular flexibility index (Phi) is 6.52. The van der Waals surface area contributed by atoms with Crippen molar-refractivity contribution in [2.75, 3.05) is 6.54 Å². The molecule has 4 heteroatoms. The lowest BCUT2D eigenvalue weighted by Crippen LogP contribution is -2.35. The topological polar surface area (TPSA) is 41.5 Å². The molecule has 1 aromatic carbocycles. The summed E-state index contributed by atoms with van der Waals surface area (Å²) in [6.45, 7) is 6.17. The molecule has 118 valence electrons. The molecule has 2 atom stereocenters. The van der Waals surface area contributed by atoms with Gasteiger partial charge in [-0.25, -0.2) is 0 Å². The molecule has 0 aliphatic heterocycles. The molecule has 0 heterocycles. The van der Waals surface area contributed by atoms with Gasteiger partial charge < -0.3 is 15.2 Å². The average molecular weight is 356 g/mol. The van der Waals surface area contributed by atoms with E-state index in [0.717, 1.165) is 54.6 Å². The minimum atomic E-state index is -0.334. The first-order valence-corrected chi connectivity index (χ1v) is 8.69. The maximum atomic E-state index is 10.1. The smallest absolute Gasteiger partial charge is 0.124 e. The molecule has 2 rings (SSSR count). The van der Waals surface area contributed by atoms with Gasteiger partial charge in [-0.3, -0.25) is 0 Å². The molecule has 0 spiro atoms. The van der Waals surface area contributed by atoms with E-state index in [1.54, 1.807) is 0 Å². The Morgan fingerprint density at radius 2 is 2.10 bits per heavy atom. The fourth-order valence-electron chi connectivity index (χ4n) is 2.67. The van der Waals surface area contributed by atoms with Gasteiger partial charge in [0, 0.05) is 16.6 Å². The number of benzene rings is 1. The van der Waals surface area contributed by atoms with Crippen LogP contribution in [0.4, 0.5) is 0 Å². The number of hydrogen-bond donors (Lipinski definition) is 2. The van der Waals surface area contributed by atoms with Crippen LogP contribution in [0.3, 0.4) is 0 Å². The molecule has 2 unspecified atom stereocenters. The zero-order valence-corrected chi connectivity index (χ0v) is 14.5. The molecule has 1 aromatic rings. The third kappa shape index (κ3) is 5.28. The second-order valence-electron chi connectivity index (χ2n) is 6.28. The number of halogens is 1. The summed E-state index contributed by atoms with van der Waals surface area (Å²) in [5, 5.41) is 13.5. The van der Waals surface area contributed by atoms with Gasteiger partial charge in [0.2, 0.25) is 0 Å². The molecule has 0 radical (unpaired) electrons. The van der Waals surface area contributed by atoms with Crippen LogP contribution in [0, 0.1) is 5.92 Å². The second-order valence-corrected chi connectivity index (χ2v) is 7.20. The Morgan fingerprint density at radius 1 is 1.33 bits per heavy atom. The molecule has 1 fully saturated rings. The fourth-order valence-corrected chi connectivity index (χ4v) is 3.08. The van der Waals surface area contributed by atoms with Gasteiger partial charge in [-0.1, -0.05) is 36.2 Å². The summed E-state index contributed by atoms with van der Waals surface area (Å²) in [7, 11) is 0. The maximum Gasteiger partial charge on any atom is 0.124 e. The predicted molar refractivity (Wildman–Crippen MR) is 89.6 cm³/mol. The normalized spacial score (nSPS) is 22.5. The Hall–Kier alpha value is -0.580. The van der Waals surface area contributed by atoms with Crippen LogP contribution in [0.1, 0.15) is 45.1 Å². The highest BCUT2D eigenvalue weighted by molar-refractivity contribution is 9.10. The zero-order valence-electron chi connectivity index (χ0n) is 12.9. The minimum Gasteiger partial charge on any atom is -0.487 e. The summed E-state index contributed by atoms with van der Waals surface area (Å²) in [6, 6.07) is 6.09. The molecule has 2 N–H and O–H groups in total. The lowest BCUT2D eigenvalue weighted by Gasteiger charge is -2.29. The van der Waals surface area contributed by atoms with Crippen molar-refractivity contribution >= 4 is 15.9 Å². The third-order valence-electron chi connectivity index (χ3n) is 3.84. The van der Waals surface area contributed by atoms with Gasteiger partial charge in [0.1, 0.15) is 11.9 Å². The summed E-state index contributed by atoms with van der Waals surface area (Å²) in [4.78, 5) is 0. The van der Waals surface area contributed by atoms with E-state index in [1.807, 2.05) is 12.1 Å². The van der Waals surface area contributed by atoms with Crippen LogP contribution in [0.2, 0.25) is 0 Å². The first kappa shape index (κ1) is 16.8. The van der Waals surface area contributed by atoms with Crippen molar-refractivity contribution in [3.8, 4) is 5.75 Å². The number of ether oxygens (including phenoxy) is 1. The summed E-state index contributed by atoms with van der Waals surface area (Å²) >= 11 is 3.52. The van der Waals surface area contributed by atoms with Crippen molar-refractivity contribution in [3.63, 3.8) is 0 Å². The van der Waals surface area contributed by atoms with Crippen molar-refractivity contribution in [2.45, 2.75) is 58.3 Å². The van der Waals surface area contributed by atoms with Gasteiger partial charge in [0.05, 0.1) is 6.10 Å². The highest BCUT2D eigenvalue weighted by atomic mass is 79.9. The molecule has 0 saturated heterocycles. The van der Waals surface area contributed by atoms with Crippen molar-refractivity contribution in [1.82, 2.24) is 5.32 Å². The first-order chi connectivity index (χ1) is 10.1. The first-order valence-electron chi connectivity index (χ1n) is 7.90. The number of rotatable bonds is 6. The SMILES string of the molecule is CC(C)CNCc1cc(Br)ccc1OC1CCCCC1O. The molecule has 0 aromatic heterocycles. The number of hydrogen-bond acceptors (Lipinski definition) is 3. The van der Waals surface area contributed by atoms with Crippen LogP contribution in [0.25, 0.3) is 0 Å². The molecule has 0 bridgehead atoms. The zero-order chi connectivity index (χ0) is 15.2. The van der Waals surface area contributed by atoms with E-state index in [0.29, 0.717) is 5.92 Å². The van der Waals surface area contributed by atoms with Crippen LogP contribution < -0.4 is 10.1 Å². The largest absolute Gasteiger partial charge is 0.487 e. The van der Waals surface area contributed by atoms with Crippen LogP contribution >= 0.6 is 15.9 Å². The van der Waals surface area contributed by atoms with E-state index in [-0.39, 0.29) is 12.2 Å². The van der Waals surface area contributed by atoms with Crippen LogP contribution in [-0.2, 0) is 6.54 Å². The standard InChI is InChI=1S/C17H26BrNO2/c1-12(2)10-19-11-13-9-14(18)7-8-16(13)21-17-6-4-3-5-15(17)20/h7-9,12,15,17,19-20H,3-6,10-11H2,1-2H3. The van der Waals surface area contributed by atoms with Crippen LogP contribution in [0.5, 0.6) is 5.75 Å². The summed E-state index contributed by atoms with van der Waals surface area (Å²) in [5.74, 6) is 1.52. The number of aliphatic hydroxyl groups is 1. The number of nitrogens with one attached hydrogen (secondary N) is 1. The third-order valence-corrected chi connectivity index (χ3v) is 4.33. The maximum absolute atomic E-state index is 10.1. The highest BCUT2D eigenvalue weighted by Gasteiger charge is 2.25. The van der Waals surface area contributed by atoms with Crippen molar-refractivity contribution < 1.29 is 9.84 Å². The molecule has 1 aliphatic rings. The molecule has 3 nitrogen and oxygen atoms in total. The van der Waals surface area contributed by atoms with E-state index in [2.05, 4.69) is 41.2 Å². The van der Waals surface area contributed by atoms with Gasteiger partial charge in [-0.05, 0) is 49.9 Å². The van der Waals surface area contributed by atoms with Gasteiger partial charge in [-0.2, -0.15) is 0 Å². The van der Waals surface area contributed by atoms with Crippen LogP contribution in [0.15, 0.2) is 22.7 Å². The summed E-state index contributed by atoms with van der Waals surface area (Å²) < 4.78 is 7.16. The molecule has 1 aliphatic carbocycles. The van der Waals surface area contributed by atoms with Gasteiger partial charge in [0.25, 0.3) is 0 Å². The van der Waals surface area contributed by atoms with Crippen LogP contribution in [-0.4, -0.2) is 23.9 Å². The Morgan fingerprint density at radius 3 is 2.81 bits per heavy atom. The van der Waals surface area contributed by atoms with E-state index in [4.69, 9.17) is 4.74 Å².